The van der Waals surface area contributed by atoms with Crippen LogP contribution in [0.3, 0.4) is 0 Å². The second-order valence-electron chi connectivity index (χ2n) is 2.69. The molecule has 0 aromatic carbocycles. The minimum absolute atomic E-state index is 0.163. The first-order valence-corrected chi connectivity index (χ1v) is 4.66. The lowest BCUT2D eigenvalue weighted by Gasteiger charge is -1.89. The first-order valence-electron chi connectivity index (χ1n) is 4.66. The monoisotopic (exact) mass is 166 g/mol. The van der Waals surface area contributed by atoms with Crippen LogP contribution in [0.5, 0.6) is 0 Å². The van der Waals surface area contributed by atoms with Gasteiger partial charge < -0.3 is 5.11 Å². The third kappa shape index (κ3) is 9.26. The molecular formula is C11H18O. The Morgan fingerprint density at radius 3 is 2.83 bits per heavy atom. The summed E-state index contributed by atoms with van der Waals surface area (Å²) < 4.78 is 0. The molecule has 0 fully saturated rings. The van der Waals surface area contributed by atoms with Crippen molar-refractivity contribution in [1.29, 1.82) is 0 Å². The summed E-state index contributed by atoms with van der Waals surface area (Å²) in [5.41, 5.74) is 0. The average molecular weight is 166 g/mol. The van der Waals surface area contributed by atoms with Crippen molar-refractivity contribution in [2.75, 3.05) is 6.61 Å². The van der Waals surface area contributed by atoms with E-state index < -0.39 is 0 Å². The van der Waals surface area contributed by atoms with Gasteiger partial charge in [-0.3, -0.25) is 0 Å². The van der Waals surface area contributed by atoms with E-state index in [1.54, 1.807) is 0 Å². The normalized spacial score (nSPS) is 9.83. The fourth-order valence-electron chi connectivity index (χ4n) is 0.841. The van der Waals surface area contributed by atoms with E-state index in [1.165, 1.54) is 19.3 Å². The Balaban J connectivity index is 3.20. The maximum absolute atomic E-state index is 8.41. The summed E-state index contributed by atoms with van der Waals surface area (Å²) in [6.07, 6.45) is 9.51. The lowest BCUT2D eigenvalue weighted by Crippen LogP contribution is -1.74. The van der Waals surface area contributed by atoms with Gasteiger partial charge in [0.2, 0.25) is 0 Å². The van der Waals surface area contributed by atoms with Crippen molar-refractivity contribution in [3.8, 4) is 11.8 Å². The van der Waals surface area contributed by atoms with E-state index in [0.29, 0.717) is 6.42 Å². The molecule has 12 heavy (non-hydrogen) atoms. The molecule has 0 aliphatic rings. The third-order valence-electron chi connectivity index (χ3n) is 1.51. The molecule has 0 atom stereocenters. The fourth-order valence-corrected chi connectivity index (χ4v) is 0.841. The SMILES string of the molecule is CCCCCC=CC#CCCO. The minimum Gasteiger partial charge on any atom is -0.395 e. The topological polar surface area (TPSA) is 20.2 Å². The molecular weight excluding hydrogens is 148 g/mol. The summed E-state index contributed by atoms with van der Waals surface area (Å²) in [7, 11) is 0. The lowest BCUT2D eigenvalue weighted by molar-refractivity contribution is 0.305. The highest BCUT2D eigenvalue weighted by molar-refractivity contribution is 5.14. The molecule has 1 nitrogen and oxygen atoms in total. The Hall–Kier alpha value is -0.740. The quantitative estimate of drug-likeness (QED) is 0.491. The highest BCUT2D eigenvalue weighted by atomic mass is 16.2. The molecule has 0 amide bonds. The summed E-state index contributed by atoms with van der Waals surface area (Å²) in [6.45, 7) is 2.36. The van der Waals surface area contributed by atoms with Gasteiger partial charge in [-0.05, 0) is 18.9 Å². The molecule has 0 aromatic rings. The van der Waals surface area contributed by atoms with Gasteiger partial charge >= 0.3 is 0 Å². The Labute approximate surface area is 75.5 Å². The second kappa shape index (κ2) is 10.3. The summed E-state index contributed by atoms with van der Waals surface area (Å²) >= 11 is 0. The summed E-state index contributed by atoms with van der Waals surface area (Å²) in [5, 5.41) is 8.41. The van der Waals surface area contributed by atoms with E-state index in [-0.39, 0.29) is 6.61 Å². The van der Waals surface area contributed by atoms with Crippen LogP contribution in [0.2, 0.25) is 0 Å². The Morgan fingerprint density at radius 1 is 1.33 bits per heavy atom. The first kappa shape index (κ1) is 11.3. The summed E-state index contributed by atoms with van der Waals surface area (Å²) in [6, 6.07) is 0. The van der Waals surface area contributed by atoms with Crippen molar-refractivity contribution < 1.29 is 5.11 Å². The van der Waals surface area contributed by atoms with E-state index in [1.807, 2.05) is 6.08 Å². The van der Waals surface area contributed by atoms with Gasteiger partial charge in [-0.15, -0.1) is 0 Å². The van der Waals surface area contributed by atoms with Gasteiger partial charge in [-0.1, -0.05) is 37.7 Å². The molecule has 0 spiro atoms. The molecule has 0 aliphatic heterocycles. The molecule has 0 heterocycles. The van der Waals surface area contributed by atoms with Gasteiger partial charge in [0.25, 0.3) is 0 Å². The van der Waals surface area contributed by atoms with Crippen LogP contribution in [0, 0.1) is 11.8 Å². The van der Waals surface area contributed by atoms with Crippen molar-refractivity contribution in [2.45, 2.75) is 39.0 Å². The molecule has 1 N–H and O–H groups in total. The highest BCUT2D eigenvalue weighted by Crippen LogP contribution is 1.98. The number of aliphatic hydroxyl groups is 1. The molecule has 0 bridgehead atoms. The van der Waals surface area contributed by atoms with Gasteiger partial charge in [0, 0.05) is 6.42 Å². The largest absolute Gasteiger partial charge is 0.395 e. The maximum Gasteiger partial charge on any atom is 0.0540 e. The van der Waals surface area contributed by atoms with Crippen LogP contribution in [0.4, 0.5) is 0 Å². The molecule has 0 radical (unpaired) electrons. The standard InChI is InChI=1S/C11H18O/c1-2-3-4-5-6-7-8-9-10-11-12/h6-7,12H,2-5,10-11H2,1H3. The van der Waals surface area contributed by atoms with Crippen LogP contribution in [0.1, 0.15) is 39.0 Å². The Kier molecular flexibility index (Phi) is 9.63. The van der Waals surface area contributed by atoms with Crippen molar-refractivity contribution >= 4 is 0 Å². The average Bonchev–Trinajstić information content (AvgIpc) is 2.10. The van der Waals surface area contributed by atoms with Gasteiger partial charge in [0.05, 0.1) is 6.61 Å². The van der Waals surface area contributed by atoms with Gasteiger partial charge in [-0.25, -0.2) is 0 Å². The first-order chi connectivity index (χ1) is 5.91. The maximum atomic E-state index is 8.41. The van der Waals surface area contributed by atoms with E-state index in [9.17, 15) is 0 Å². The zero-order chi connectivity index (χ0) is 9.07. The van der Waals surface area contributed by atoms with Crippen LogP contribution in [-0.2, 0) is 0 Å². The lowest BCUT2D eigenvalue weighted by atomic mass is 10.2. The van der Waals surface area contributed by atoms with Gasteiger partial charge in [-0.2, -0.15) is 0 Å². The van der Waals surface area contributed by atoms with E-state index >= 15 is 0 Å². The van der Waals surface area contributed by atoms with Crippen LogP contribution in [0.25, 0.3) is 0 Å². The number of hydrogen-bond acceptors (Lipinski definition) is 1. The van der Waals surface area contributed by atoms with Gasteiger partial charge in [0.15, 0.2) is 0 Å². The number of hydrogen-bond donors (Lipinski definition) is 1. The van der Waals surface area contributed by atoms with Crippen molar-refractivity contribution in [3.63, 3.8) is 0 Å². The summed E-state index contributed by atoms with van der Waals surface area (Å²) in [4.78, 5) is 0. The number of aliphatic hydroxyl groups excluding tert-OH is 1. The van der Waals surface area contributed by atoms with Gasteiger partial charge in [0.1, 0.15) is 0 Å². The molecule has 0 aliphatic carbocycles. The van der Waals surface area contributed by atoms with Crippen LogP contribution < -0.4 is 0 Å². The van der Waals surface area contributed by atoms with E-state index in [0.717, 1.165) is 6.42 Å². The van der Waals surface area contributed by atoms with Crippen molar-refractivity contribution in [3.05, 3.63) is 12.2 Å². The number of rotatable bonds is 5. The molecule has 0 rings (SSSR count). The zero-order valence-electron chi connectivity index (χ0n) is 7.84. The van der Waals surface area contributed by atoms with Crippen molar-refractivity contribution in [1.82, 2.24) is 0 Å². The fraction of sp³-hybridized carbons (Fsp3) is 0.636. The van der Waals surface area contributed by atoms with E-state index in [2.05, 4.69) is 24.8 Å². The number of allylic oxidation sites excluding steroid dienone is 2. The van der Waals surface area contributed by atoms with Crippen LogP contribution in [-0.4, -0.2) is 11.7 Å². The minimum atomic E-state index is 0.163. The molecule has 0 saturated carbocycles. The predicted molar refractivity (Wildman–Crippen MR) is 52.8 cm³/mol. The smallest absolute Gasteiger partial charge is 0.0540 e. The molecule has 1 heteroatoms. The molecule has 68 valence electrons. The highest BCUT2D eigenvalue weighted by Gasteiger charge is 1.79. The van der Waals surface area contributed by atoms with E-state index in [4.69, 9.17) is 5.11 Å². The van der Waals surface area contributed by atoms with Crippen LogP contribution in [0.15, 0.2) is 12.2 Å². The van der Waals surface area contributed by atoms with Crippen molar-refractivity contribution in [2.24, 2.45) is 0 Å². The summed E-state index contributed by atoms with van der Waals surface area (Å²) in [5.74, 6) is 5.71. The van der Waals surface area contributed by atoms with Crippen LogP contribution >= 0.6 is 0 Å². The molecule has 0 saturated heterocycles. The predicted octanol–water partition coefficient (Wildman–Crippen LogP) is 2.51. The zero-order valence-corrected chi connectivity index (χ0v) is 7.84. The molecule has 0 aromatic heterocycles. The Morgan fingerprint density at radius 2 is 2.17 bits per heavy atom. The Bertz CT molecular complexity index is 160. The third-order valence-corrected chi connectivity index (χ3v) is 1.51. The molecule has 0 unspecified atom stereocenters. The second-order valence-corrected chi connectivity index (χ2v) is 2.69. The number of unbranched alkanes of at least 4 members (excludes halogenated alkanes) is 3.